The smallest absolute Gasteiger partial charge is 0.374 e. The third-order valence-corrected chi connectivity index (χ3v) is 2.55. The predicted molar refractivity (Wildman–Crippen MR) is 56.2 cm³/mol. The molecule has 0 unspecified atom stereocenters. The van der Waals surface area contributed by atoms with Crippen molar-refractivity contribution in [1.29, 1.82) is 0 Å². The Morgan fingerprint density at radius 3 is 3.13 bits per heavy atom. The Morgan fingerprint density at radius 2 is 2.40 bits per heavy atom. The summed E-state index contributed by atoms with van der Waals surface area (Å²) in [5.41, 5.74) is 0.205. The number of rotatable bonds is 2. The Kier molecular flexibility index (Phi) is 2.51. The van der Waals surface area contributed by atoms with Crippen LogP contribution in [0.15, 0.2) is 15.6 Å². The van der Waals surface area contributed by atoms with Crippen LogP contribution in [0.4, 0.5) is 0 Å². The van der Waals surface area contributed by atoms with Crippen molar-refractivity contribution in [2.45, 2.75) is 6.92 Å². The van der Waals surface area contributed by atoms with Crippen LogP contribution in [-0.4, -0.2) is 22.5 Å². The molecule has 1 N–H and O–H groups in total. The largest absolute Gasteiger partial charge is 0.460 e. The molecule has 0 saturated carbocycles. The van der Waals surface area contributed by atoms with Crippen molar-refractivity contribution in [3.8, 4) is 0 Å². The van der Waals surface area contributed by atoms with Gasteiger partial charge in [-0.1, -0.05) is 0 Å². The minimum Gasteiger partial charge on any atom is -0.460 e. The molecule has 0 aliphatic rings. The summed E-state index contributed by atoms with van der Waals surface area (Å²) in [6, 6.07) is 0. The minimum absolute atomic E-state index is 0.0484. The van der Waals surface area contributed by atoms with E-state index < -0.39 is 5.97 Å². The van der Waals surface area contributed by atoms with E-state index in [0.29, 0.717) is 10.9 Å². The Hall–Kier alpha value is -1.69. The van der Waals surface area contributed by atoms with E-state index in [-0.39, 0.29) is 18.0 Å². The quantitative estimate of drug-likeness (QED) is 0.777. The molecule has 0 bridgehead atoms. The molecule has 0 atom stereocenters. The summed E-state index contributed by atoms with van der Waals surface area (Å²) in [7, 11) is 0. The van der Waals surface area contributed by atoms with Crippen LogP contribution in [0.2, 0.25) is 0 Å². The SMILES string of the molecule is CCOC(=O)c1nc2cscc2c(=O)[nH]1. The van der Waals surface area contributed by atoms with Crippen molar-refractivity contribution < 1.29 is 9.53 Å². The van der Waals surface area contributed by atoms with Crippen molar-refractivity contribution >= 4 is 28.2 Å². The van der Waals surface area contributed by atoms with Gasteiger partial charge in [0, 0.05) is 10.8 Å². The number of nitrogens with zero attached hydrogens (tertiary/aromatic N) is 1. The number of aromatic nitrogens is 2. The monoisotopic (exact) mass is 224 g/mol. The van der Waals surface area contributed by atoms with Crippen LogP contribution in [-0.2, 0) is 4.74 Å². The second kappa shape index (κ2) is 3.82. The van der Waals surface area contributed by atoms with Gasteiger partial charge >= 0.3 is 5.97 Å². The number of nitrogens with one attached hydrogen (secondary N) is 1. The van der Waals surface area contributed by atoms with Gasteiger partial charge in [0.2, 0.25) is 5.82 Å². The molecule has 78 valence electrons. The van der Waals surface area contributed by atoms with Gasteiger partial charge in [-0.3, -0.25) is 4.79 Å². The summed E-state index contributed by atoms with van der Waals surface area (Å²) >= 11 is 1.37. The fourth-order valence-electron chi connectivity index (χ4n) is 1.17. The molecule has 2 rings (SSSR count). The second-order valence-corrected chi connectivity index (χ2v) is 3.55. The molecule has 0 spiro atoms. The molecule has 0 fully saturated rings. The third-order valence-electron chi connectivity index (χ3n) is 1.82. The number of H-pyrrole nitrogens is 1. The molecular formula is C9H8N2O3S. The first-order valence-electron chi connectivity index (χ1n) is 4.35. The predicted octanol–water partition coefficient (Wildman–Crippen LogP) is 1.16. The van der Waals surface area contributed by atoms with E-state index in [1.54, 1.807) is 17.7 Å². The highest BCUT2D eigenvalue weighted by Gasteiger charge is 2.12. The summed E-state index contributed by atoms with van der Waals surface area (Å²) in [5, 5.41) is 3.90. The molecular weight excluding hydrogens is 216 g/mol. The van der Waals surface area contributed by atoms with Crippen molar-refractivity contribution in [1.82, 2.24) is 9.97 Å². The lowest BCUT2D eigenvalue weighted by Gasteiger charge is -1.99. The van der Waals surface area contributed by atoms with Crippen LogP contribution in [0.5, 0.6) is 0 Å². The zero-order valence-electron chi connectivity index (χ0n) is 7.94. The van der Waals surface area contributed by atoms with E-state index in [2.05, 4.69) is 9.97 Å². The average Bonchev–Trinajstić information content (AvgIpc) is 2.66. The normalized spacial score (nSPS) is 10.5. The van der Waals surface area contributed by atoms with Crippen molar-refractivity contribution in [2.24, 2.45) is 0 Å². The summed E-state index contributed by atoms with van der Waals surface area (Å²) in [4.78, 5) is 29.2. The molecule has 0 radical (unpaired) electrons. The van der Waals surface area contributed by atoms with Crippen LogP contribution < -0.4 is 5.56 Å². The minimum atomic E-state index is -0.609. The summed E-state index contributed by atoms with van der Waals surface area (Å²) in [6.45, 7) is 1.95. The van der Waals surface area contributed by atoms with Gasteiger partial charge in [0.05, 0.1) is 17.5 Å². The lowest BCUT2D eigenvalue weighted by atomic mass is 10.4. The highest BCUT2D eigenvalue weighted by molar-refractivity contribution is 7.09. The second-order valence-electron chi connectivity index (χ2n) is 2.81. The van der Waals surface area contributed by atoms with Crippen LogP contribution in [0.25, 0.3) is 10.9 Å². The first kappa shape index (κ1) is 9.85. The van der Waals surface area contributed by atoms with Gasteiger partial charge in [-0.05, 0) is 6.92 Å². The first-order valence-corrected chi connectivity index (χ1v) is 5.30. The molecule has 2 aromatic rings. The molecule has 6 heteroatoms. The van der Waals surface area contributed by atoms with Gasteiger partial charge in [-0.25, -0.2) is 9.78 Å². The number of carbonyl (C=O) groups is 1. The van der Waals surface area contributed by atoms with Crippen molar-refractivity contribution in [3.63, 3.8) is 0 Å². The van der Waals surface area contributed by atoms with Crippen LogP contribution in [0.3, 0.4) is 0 Å². The lowest BCUT2D eigenvalue weighted by Crippen LogP contribution is -2.17. The third kappa shape index (κ3) is 1.75. The number of ether oxygens (including phenoxy) is 1. The van der Waals surface area contributed by atoms with Gasteiger partial charge in [0.25, 0.3) is 5.56 Å². The van der Waals surface area contributed by atoms with Crippen LogP contribution in [0, 0.1) is 0 Å². The van der Waals surface area contributed by atoms with E-state index in [0.717, 1.165) is 0 Å². The fraction of sp³-hybridized carbons (Fsp3) is 0.222. The molecule has 2 heterocycles. The van der Waals surface area contributed by atoms with Crippen LogP contribution >= 0.6 is 11.3 Å². The van der Waals surface area contributed by atoms with E-state index in [9.17, 15) is 9.59 Å². The van der Waals surface area contributed by atoms with Gasteiger partial charge in [0.1, 0.15) is 0 Å². The lowest BCUT2D eigenvalue weighted by molar-refractivity contribution is 0.0512. The number of esters is 1. The molecule has 0 aliphatic carbocycles. The summed E-state index contributed by atoms with van der Waals surface area (Å²) in [5.74, 6) is -0.657. The topological polar surface area (TPSA) is 72.0 Å². The van der Waals surface area contributed by atoms with Gasteiger partial charge in [0.15, 0.2) is 0 Å². The van der Waals surface area contributed by atoms with E-state index in [4.69, 9.17) is 4.74 Å². The van der Waals surface area contributed by atoms with Gasteiger partial charge < -0.3 is 9.72 Å². The summed E-state index contributed by atoms with van der Waals surface area (Å²) in [6.07, 6.45) is 0. The molecule has 15 heavy (non-hydrogen) atoms. The Labute approximate surface area is 88.7 Å². The van der Waals surface area contributed by atoms with Gasteiger partial charge in [-0.2, -0.15) is 0 Å². The van der Waals surface area contributed by atoms with E-state index in [1.807, 2.05) is 0 Å². The number of aromatic amines is 1. The maximum atomic E-state index is 11.5. The number of hydrogen-bond donors (Lipinski definition) is 1. The average molecular weight is 224 g/mol. The highest BCUT2D eigenvalue weighted by atomic mass is 32.1. The van der Waals surface area contributed by atoms with Crippen LogP contribution in [0.1, 0.15) is 17.5 Å². The maximum absolute atomic E-state index is 11.5. The van der Waals surface area contributed by atoms with Gasteiger partial charge in [-0.15, -0.1) is 11.3 Å². The Balaban J connectivity index is 2.54. The molecule has 5 nitrogen and oxygen atoms in total. The Bertz CT molecular complexity index is 558. The first-order chi connectivity index (χ1) is 7.22. The standard InChI is InChI=1S/C9H8N2O3S/c1-2-14-9(13)7-10-6-4-15-3-5(6)8(12)11-7/h3-4H,2H2,1H3,(H,10,11,12). The zero-order valence-corrected chi connectivity index (χ0v) is 8.76. The highest BCUT2D eigenvalue weighted by Crippen LogP contribution is 2.12. The molecule has 0 amide bonds. The zero-order chi connectivity index (χ0) is 10.8. The van der Waals surface area contributed by atoms with E-state index in [1.165, 1.54) is 11.3 Å². The number of fused-ring (bicyclic) bond motifs is 1. The Morgan fingerprint density at radius 1 is 1.60 bits per heavy atom. The van der Waals surface area contributed by atoms with Crippen molar-refractivity contribution in [2.75, 3.05) is 6.61 Å². The van der Waals surface area contributed by atoms with E-state index >= 15 is 0 Å². The number of thiophene rings is 1. The molecule has 0 aliphatic heterocycles. The molecule has 0 saturated heterocycles. The molecule has 0 aromatic carbocycles. The summed E-state index contributed by atoms with van der Waals surface area (Å²) < 4.78 is 4.74. The molecule has 2 aromatic heterocycles. The fourth-order valence-corrected chi connectivity index (χ4v) is 1.91. The maximum Gasteiger partial charge on any atom is 0.374 e. The van der Waals surface area contributed by atoms with Crippen molar-refractivity contribution in [3.05, 3.63) is 26.9 Å². The number of carbonyl (C=O) groups excluding carboxylic acids is 1. The number of hydrogen-bond acceptors (Lipinski definition) is 5.